The van der Waals surface area contributed by atoms with Crippen LogP contribution in [0.2, 0.25) is 0 Å². The maximum absolute atomic E-state index is 4.41. The van der Waals surface area contributed by atoms with E-state index in [2.05, 4.69) is 52.5 Å². The Labute approximate surface area is 114 Å². The molecule has 0 aliphatic carbocycles. The quantitative estimate of drug-likeness (QED) is 0.891. The molecular weight excluding hydrogens is 234 g/mol. The zero-order chi connectivity index (χ0) is 13.1. The molecule has 1 N–H and O–H groups in total. The predicted octanol–water partition coefficient (Wildman–Crippen LogP) is 2.55. The number of pyridine rings is 1. The maximum Gasteiger partial charge on any atom is 0.0562 e. The van der Waals surface area contributed by atoms with Gasteiger partial charge >= 0.3 is 0 Å². The van der Waals surface area contributed by atoms with Gasteiger partial charge in [0.15, 0.2) is 0 Å². The first-order chi connectivity index (χ1) is 9.34. The molecule has 19 heavy (non-hydrogen) atoms. The van der Waals surface area contributed by atoms with Crippen LogP contribution in [0.1, 0.15) is 6.92 Å². The van der Waals surface area contributed by atoms with E-state index in [1.807, 2.05) is 18.5 Å². The molecule has 98 valence electrons. The minimum Gasteiger partial charge on any atom is -0.365 e. The van der Waals surface area contributed by atoms with E-state index in [9.17, 15) is 0 Å². The molecule has 1 aliphatic rings. The van der Waals surface area contributed by atoms with Crippen molar-refractivity contribution in [2.24, 2.45) is 0 Å². The van der Waals surface area contributed by atoms with Crippen molar-refractivity contribution in [1.29, 1.82) is 0 Å². The molecule has 0 unspecified atom stereocenters. The van der Waals surface area contributed by atoms with Crippen molar-refractivity contribution >= 4 is 5.69 Å². The summed E-state index contributed by atoms with van der Waals surface area (Å²) in [6.45, 7) is 5.37. The van der Waals surface area contributed by atoms with Crippen molar-refractivity contribution in [2.45, 2.75) is 13.0 Å². The van der Waals surface area contributed by atoms with Gasteiger partial charge in [0.1, 0.15) is 0 Å². The largest absolute Gasteiger partial charge is 0.365 e. The van der Waals surface area contributed by atoms with E-state index in [0.29, 0.717) is 6.04 Å². The minimum atomic E-state index is 0.515. The van der Waals surface area contributed by atoms with Crippen molar-refractivity contribution < 1.29 is 0 Å². The molecule has 1 aromatic heterocycles. The zero-order valence-electron chi connectivity index (χ0n) is 11.2. The summed E-state index contributed by atoms with van der Waals surface area (Å²) in [6, 6.07) is 13.2. The van der Waals surface area contributed by atoms with E-state index in [4.69, 9.17) is 0 Å². The molecule has 2 aromatic rings. The summed E-state index contributed by atoms with van der Waals surface area (Å²) >= 11 is 0. The smallest absolute Gasteiger partial charge is 0.0562 e. The summed E-state index contributed by atoms with van der Waals surface area (Å²) in [5.41, 5.74) is 3.62. The first-order valence-electron chi connectivity index (χ1n) is 6.82. The maximum atomic E-state index is 4.41. The van der Waals surface area contributed by atoms with E-state index >= 15 is 0 Å². The van der Waals surface area contributed by atoms with Crippen LogP contribution in [0.4, 0.5) is 5.69 Å². The number of benzene rings is 1. The lowest BCUT2D eigenvalue weighted by Gasteiger charge is -2.35. The summed E-state index contributed by atoms with van der Waals surface area (Å²) in [5, 5.41) is 3.42. The van der Waals surface area contributed by atoms with Gasteiger partial charge in [0.25, 0.3) is 0 Å². The van der Waals surface area contributed by atoms with Crippen molar-refractivity contribution in [2.75, 3.05) is 24.5 Å². The molecule has 0 spiro atoms. The SMILES string of the molecule is C[C@@H]1CNCCN1c1cncc(-c2ccccc2)c1. The number of hydrogen-bond acceptors (Lipinski definition) is 3. The zero-order valence-corrected chi connectivity index (χ0v) is 11.2. The van der Waals surface area contributed by atoms with Gasteiger partial charge < -0.3 is 10.2 Å². The lowest BCUT2D eigenvalue weighted by Crippen LogP contribution is -2.49. The Hall–Kier alpha value is -1.87. The van der Waals surface area contributed by atoms with Crippen molar-refractivity contribution in [1.82, 2.24) is 10.3 Å². The highest BCUT2D eigenvalue weighted by atomic mass is 15.2. The second-order valence-corrected chi connectivity index (χ2v) is 5.04. The summed E-state index contributed by atoms with van der Waals surface area (Å²) in [7, 11) is 0. The third kappa shape index (κ3) is 2.61. The van der Waals surface area contributed by atoms with E-state index in [0.717, 1.165) is 19.6 Å². The third-order valence-corrected chi connectivity index (χ3v) is 3.66. The number of nitrogens with zero attached hydrogens (tertiary/aromatic N) is 2. The van der Waals surface area contributed by atoms with Crippen LogP contribution in [0, 0.1) is 0 Å². The molecule has 1 fully saturated rings. The number of piperazine rings is 1. The van der Waals surface area contributed by atoms with Crippen LogP contribution in [0.25, 0.3) is 11.1 Å². The first-order valence-corrected chi connectivity index (χ1v) is 6.82. The monoisotopic (exact) mass is 253 g/mol. The Bertz CT molecular complexity index is 539. The van der Waals surface area contributed by atoms with Gasteiger partial charge in [0.2, 0.25) is 0 Å². The highest BCUT2D eigenvalue weighted by Crippen LogP contribution is 2.24. The number of hydrogen-bond donors (Lipinski definition) is 1. The lowest BCUT2D eigenvalue weighted by molar-refractivity contribution is 0.500. The number of rotatable bonds is 2. The van der Waals surface area contributed by atoms with Crippen LogP contribution in [-0.4, -0.2) is 30.7 Å². The average Bonchev–Trinajstić information content (AvgIpc) is 2.49. The molecule has 1 saturated heterocycles. The molecule has 0 radical (unpaired) electrons. The Morgan fingerprint density at radius 3 is 2.79 bits per heavy atom. The predicted molar refractivity (Wildman–Crippen MR) is 79.4 cm³/mol. The van der Waals surface area contributed by atoms with Gasteiger partial charge in [-0.2, -0.15) is 0 Å². The fraction of sp³-hybridized carbons (Fsp3) is 0.312. The Balaban J connectivity index is 1.91. The molecular formula is C16H19N3. The normalized spacial score (nSPS) is 19.4. The number of nitrogens with one attached hydrogen (secondary N) is 1. The summed E-state index contributed by atoms with van der Waals surface area (Å²) in [4.78, 5) is 6.84. The fourth-order valence-corrected chi connectivity index (χ4v) is 2.60. The molecule has 3 rings (SSSR count). The van der Waals surface area contributed by atoms with Gasteiger partial charge in [-0.05, 0) is 18.6 Å². The van der Waals surface area contributed by atoms with Crippen LogP contribution >= 0.6 is 0 Å². The van der Waals surface area contributed by atoms with E-state index in [1.165, 1.54) is 16.8 Å². The molecule has 0 amide bonds. The third-order valence-electron chi connectivity index (χ3n) is 3.66. The van der Waals surface area contributed by atoms with E-state index in [-0.39, 0.29) is 0 Å². The van der Waals surface area contributed by atoms with E-state index in [1.54, 1.807) is 0 Å². The van der Waals surface area contributed by atoms with Crippen molar-refractivity contribution in [3.05, 3.63) is 48.8 Å². The van der Waals surface area contributed by atoms with Gasteiger partial charge in [0.05, 0.1) is 11.9 Å². The molecule has 3 nitrogen and oxygen atoms in total. The van der Waals surface area contributed by atoms with Crippen LogP contribution in [0.15, 0.2) is 48.8 Å². The van der Waals surface area contributed by atoms with Gasteiger partial charge in [-0.15, -0.1) is 0 Å². The van der Waals surface area contributed by atoms with E-state index < -0.39 is 0 Å². The molecule has 0 saturated carbocycles. The van der Waals surface area contributed by atoms with Gasteiger partial charge in [-0.3, -0.25) is 4.98 Å². The van der Waals surface area contributed by atoms with Crippen LogP contribution < -0.4 is 10.2 Å². The number of aromatic nitrogens is 1. The summed E-state index contributed by atoms with van der Waals surface area (Å²) in [5.74, 6) is 0. The lowest BCUT2D eigenvalue weighted by atomic mass is 10.1. The number of anilines is 1. The molecule has 1 atom stereocenters. The highest BCUT2D eigenvalue weighted by molar-refractivity contribution is 5.67. The van der Waals surface area contributed by atoms with Crippen molar-refractivity contribution in [3.63, 3.8) is 0 Å². The molecule has 0 bridgehead atoms. The molecule has 1 aromatic carbocycles. The van der Waals surface area contributed by atoms with Gasteiger partial charge in [0, 0.05) is 37.4 Å². The van der Waals surface area contributed by atoms with Crippen LogP contribution in [-0.2, 0) is 0 Å². The van der Waals surface area contributed by atoms with Crippen molar-refractivity contribution in [3.8, 4) is 11.1 Å². The standard InChI is InChI=1S/C16H19N3/c1-13-10-17-7-8-19(13)16-9-15(11-18-12-16)14-5-3-2-4-6-14/h2-6,9,11-13,17H,7-8,10H2,1H3/t13-/m1/s1. The Kier molecular flexibility index (Phi) is 3.47. The molecule has 3 heteroatoms. The van der Waals surface area contributed by atoms with Crippen LogP contribution in [0.5, 0.6) is 0 Å². The first kappa shape index (κ1) is 12.2. The summed E-state index contributed by atoms with van der Waals surface area (Å²) < 4.78 is 0. The van der Waals surface area contributed by atoms with Gasteiger partial charge in [-0.1, -0.05) is 30.3 Å². The summed E-state index contributed by atoms with van der Waals surface area (Å²) in [6.07, 6.45) is 3.90. The topological polar surface area (TPSA) is 28.2 Å². The van der Waals surface area contributed by atoms with Gasteiger partial charge in [-0.25, -0.2) is 0 Å². The molecule has 2 heterocycles. The highest BCUT2D eigenvalue weighted by Gasteiger charge is 2.18. The minimum absolute atomic E-state index is 0.515. The van der Waals surface area contributed by atoms with Crippen LogP contribution in [0.3, 0.4) is 0 Å². The Morgan fingerprint density at radius 1 is 1.16 bits per heavy atom. The fourth-order valence-electron chi connectivity index (χ4n) is 2.60. The Morgan fingerprint density at radius 2 is 2.00 bits per heavy atom. The second-order valence-electron chi connectivity index (χ2n) is 5.04. The average molecular weight is 253 g/mol. The molecule has 1 aliphatic heterocycles. The second kappa shape index (κ2) is 5.41.